The van der Waals surface area contributed by atoms with Crippen LogP contribution >= 0.6 is 23.1 Å². The van der Waals surface area contributed by atoms with Gasteiger partial charge in [0.1, 0.15) is 4.83 Å². The number of hydrogen-bond acceptors (Lipinski definition) is 5. The molecule has 4 aromatic rings. The van der Waals surface area contributed by atoms with Crippen LogP contribution in [-0.2, 0) is 4.79 Å². The van der Waals surface area contributed by atoms with Crippen LogP contribution in [0.1, 0.15) is 5.56 Å². The number of thiophene rings is 1. The third kappa shape index (κ3) is 3.85. The number of benzene rings is 2. The molecule has 4 rings (SSSR count). The van der Waals surface area contributed by atoms with E-state index in [1.165, 1.54) is 23.1 Å². The Labute approximate surface area is 169 Å². The maximum atomic E-state index is 12.6. The van der Waals surface area contributed by atoms with E-state index < -0.39 is 0 Å². The topological polar surface area (TPSA) is 74.8 Å². The van der Waals surface area contributed by atoms with E-state index in [0.29, 0.717) is 15.4 Å². The molecule has 7 heteroatoms. The minimum atomic E-state index is -0.188. The molecule has 5 nitrogen and oxygen atoms in total. The number of anilines is 1. The summed E-state index contributed by atoms with van der Waals surface area (Å²) in [4.78, 5) is 32.9. The Bertz CT molecular complexity index is 1200. The summed E-state index contributed by atoms with van der Waals surface area (Å²) in [6.45, 7) is 1.94. The zero-order valence-electron chi connectivity index (χ0n) is 15.1. The molecule has 0 saturated heterocycles. The molecule has 0 saturated carbocycles. The van der Waals surface area contributed by atoms with Crippen molar-refractivity contribution in [1.82, 2.24) is 9.97 Å². The Hall–Kier alpha value is -2.90. The molecule has 0 fully saturated rings. The van der Waals surface area contributed by atoms with Crippen LogP contribution in [0.4, 0.5) is 5.69 Å². The Morgan fingerprint density at radius 3 is 2.68 bits per heavy atom. The van der Waals surface area contributed by atoms with Crippen molar-refractivity contribution in [2.75, 3.05) is 11.1 Å². The van der Waals surface area contributed by atoms with Crippen LogP contribution in [0.5, 0.6) is 0 Å². The molecule has 1 amide bonds. The first-order valence-electron chi connectivity index (χ1n) is 8.67. The summed E-state index contributed by atoms with van der Waals surface area (Å²) in [5.41, 5.74) is 3.46. The van der Waals surface area contributed by atoms with Crippen LogP contribution in [0.2, 0.25) is 0 Å². The lowest BCUT2D eigenvalue weighted by Gasteiger charge is -2.07. The summed E-state index contributed by atoms with van der Waals surface area (Å²) in [7, 11) is 0. The molecule has 2 aromatic heterocycles. The number of fused-ring (bicyclic) bond motifs is 1. The van der Waals surface area contributed by atoms with Gasteiger partial charge >= 0.3 is 0 Å². The molecule has 2 aromatic carbocycles. The van der Waals surface area contributed by atoms with Gasteiger partial charge in [-0.2, -0.15) is 0 Å². The largest absolute Gasteiger partial charge is 0.325 e. The fourth-order valence-corrected chi connectivity index (χ4v) is 4.53. The molecule has 0 unspecified atom stereocenters. The number of aryl methyl sites for hydroxylation is 1. The number of amides is 1. The second-order valence-electron chi connectivity index (χ2n) is 6.22. The lowest BCUT2D eigenvalue weighted by atomic mass is 10.1. The molecule has 0 radical (unpaired) electrons. The van der Waals surface area contributed by atoms with Crippen molar-refractivity contribution in [3.8, 4) is 11.1 Å². The fourth-order valence-electron chi connectivity index (χ4n) is 2.86. The third-order valence-electron chi connectivity index (χ3n) is 4.27. The smallest absolute Gasteiger partial charge is 0.260 e. The van der Waals surface area contributed by atoms with Crippen LogP contribution in [0.15, 0.2) is 69.9 Å². The zero-order valence-corrected chi connectivity index (χ0v) is 16.7. The van der Waals surface area contributed by atoms with Gasteiger partial charge in [-0.25, -0.2) is 4.98 Å². The van der Waals surface area contributed by atoms with Gasteiger partial charge < -0.3 is 10.3 Å². The molecule has 0 spiro atoms. The average Bonchev–Trinajstić information content (AvgIpc) is 3.13. The van der Waals surface area contributed by atoms with Crippen molar-refractivity contribution < 1.29 is 4.79 Å². The normalized spacial score (nSPS) is 10.9. The highest BCUT2D eigenvalue weighted by Crippen LogP contribution is 2.31. The maximum absolute atomic E-state index is 12.6. The molecule has 0 aliphatic rings. The Balaban J connectivity index is 1.52. The number of H-pyrrole nitrogens is 1. The van der Waals surface area contributed by atoms with Gasteiger partial charge in [-0.15, -0.1) is 11.3 Å². The minimum absolute atomic E-state index is 0.141. The SMILES string of the molecule is Cc1ccccc1NC(=O)CSc1nc2scc(-c3ccccc3)c2c(=O)[nH]1. The second-order valence-corrected chi connectivity index (χ2v) is 8.04. The summed E-state index contributed by atoms with van der Waals surface area (Å²) in [5, 5.41) is 5.86. The van der Waals surface area contributed by atoms with Crippen molar-refractivity contribution in [2.45, 2.75) is 12.1 Å². The van der Waals surface area contributed by atoms with E-state index in [1.807, 2.05) is 66.9 Å². The molecular weight excluding hydrogens is 390 g/mol. The molecule has 0 atom stereocenters. The maximum Gasteiger partial charge on any atom is 0.260 e. The van der Waals surface area contributed by atoms with Crippen LogP contribution < -0.4 is 10.9 Å². The van der Waals surface area contributed by atoms with Gasteiger partial charge in [-0.05, 0) is 24.1 Å². The summed E-state index contributed by atoms with van der Waals surface area (Å²) in [5.74, 6) is 0.0258. The molecule has 2 N–H and O–H groups in total. The van der Waals surface area contributed by atoms with Crippen molar-refractivity contribution in [2.24, 2.45) is 0 Å². The van der Waals surface area contributed by atoms with Gasteiger partial charge in [0.25, 0.3) is 5.56 Å². The van der Waals surface area contributed by atoms with Crippen LogP contribution in [0.3, 0.4) is 0 Å². The van der Waals surface area contributed by atoms with Gasteiger partial charge in [0.2, 0.25) is 5.91 Å². The fraction of sp³-hybridized carbons (Fsp3) is 0.0952. The molecular formula is C21H17N3O2S2. The molecule has 0 aliphatic carbocycles. The second kappa shape index (κ2) is 8.00. The van der Waals surface area contributed by atoms with Gasteiger partial charge in [0, 0.05) is 16.6 Å². The highest BCUT2D eigenvalue weighted by molar-refractivity contribution is 7.99. The molecule has 0 aliphatic heterocycles. The Morgan fingerprint density at radius 2 is 1.89 bits per heavy atom. The first-order chi connectivity index (χ1) is 13.6. The zero-order chi connectivity index (χ0) is 19.5. The average molecular weight is 408 g/mol. The minimum Gasteiger partial charge on any atom is -0.325 e. The number of rotatable bonds is 5. The predicted octanol–water partition coefficient (Wildman–Crippen LogP) is 4.69. The highest BCUT2D eigenvalue weighted by atomic mass is 32.2. The van der Waals surface area contributed by atoms with Crippen LogP contribution in [-0.4, -0.2) is 21.6 Å². The molecule has 140 valence electrons. The monoisotopic (exact) mass is 407 g/mol. The number of nitrogens with zero attached hydrogens (tertiary/aromatic N) is 1. The number of aromatic nitrogens is 2. The number of hydrogen-bond donors (Lipinski definition) is 2. The quantitative estimate of drug-likeness (QED) is 0.372. The van der Waals surface area contributed by atoms with Gasteiger partial charge in [-0.1, -0.05) is 60.3 Å². The number of carbonyl (C=O) groups is 1. The molecule has 2 heterocycles. The van der Waals surface area contributed by atoms with Crippen LogP contribution in [0, 0.1) is 6.92 Å². The summed E-state index contributed by atoms with van der Waals surface area (Å²) in [6.07, 6.45) is 0. The molecule has 0 bridgehead atoms. The summed E-state index contributed by atoms with van der Waals surface area (Å²) in [6, 6.07) is 17.4. The number of carbonyl (C=O) groups excluding carboxylic acids is 1. The third-order valence-corrected chi connectivity index (χ3v) is 6.01. The van der Waals surface area contributed by atoms with Gasteiger partial charge in [-0.3, -0.25) is 9.59 Å². The Morgan fingerprint density at radius 1 is 1.14 bits per heavy atom. The van der Waals surface area contributed by atoms with E-state index in [4.69, 9.17) is 0 Å². The van der Waals surface area contributed by atoms with Crippen molar-refractivity contribution in [1.29, 1.82) is 0 Å². The van der Waals surface area contributed by atoms with Crippen LogP contribution in [0.25, 0.3) is 21.3 Å². The number of para-hydroxylation sites is 1. The van der Waals surface area contributed by atoms with E-state index in [-0.39, 0.29) is 17.2 Å². The summed E-state index contributed by atoms with van der Waals surface area (Å²) < 4.78 is 0. The first-order valence-corrected chi connectivity index (χ1v) is 10.5. The lowest BCUT2D eigenvalue weighted by molar-refractivity contribution is -0.113. The van der Waals surface area contributed by atoms with E-state index in [1.54, 1.807) is 0 Å². The van der Waals surface area contributed by atoms with Crippen molar-refractivity contribution in [3.63, 3.8) is 0 Å². The number of nitrogens with one attached hydrogen (secondary N) is 2. The predicted molar refractivity (Wildman–Crippen MR) is 116 cm³/mol. The lowest BCUT2D eigenvalue weighted by Crippen LogP contribution is -2.16. The number of thioether (sulfide) groups is 1. The summed E-state index contributed by atoms with van der Waals surface area (Å²) >= 11 is 2.65. The Kier molecular flexibility index (Phi) is 5.27. The van der Waals surface area contributed by atoms with E-state index in [9.17, 15) is 9.59 Å². The first kappa shape index (κ1) is 18.5. The van der Waals surface area contributed by atoms with Crippen molar-refractivity contribution >= 4 is 44.9 Å². The van der Waals surface area contributed by atoms with E-state index >= 15 is 0 Å². The number of aromatic amines is 1. The van der Waals surface area contributed by atoms with E-state index in [2.05, 4.69) is 15.3 Å². The van der Waals surface area contributed by atoms with E-state index in [0.717, 1.165) is 22.4 Å². The highest BCUT2D eigenvalue weighted by Gasteiger charge is 2.14. The van der Waals surface area contributed by atoms with Gasteiger partial charge in [0.15, 0.2) is 5.16 Å². The van der Waals surface area contributed by atoms with Crippen molar-refractivity contribution in [3.05, 3.63) is 75.9 Å². The standard InChI is InChI=1S/C21H17N3O2S2/c1-13-7-5-6-10-16(13)22-17(25)12-28-21-23-19(26)18-15(11-27-20(18)24-21)14-8-3-2-4-9-14/h2-11H,12H2,1H3,(H,22,25)(H,23,24,26). The van der Waals surface area contributed by atoms with Gasteiger partial charge in [0.05, 0.1) is 11.1 Å². The molecule has 28 heavy (non-hydrogen) atoms.